The molecule has 1 unspecified atom stereocenters. The van der Waals surface area contributed by atoms with Crippen LogP contribution in [0, 0.1) is 13.8 Å². The van der Waals surface area contributed by atoms with Crippen molar-refractivity contribution in [3.8, 4) is 0 Å². The van der Waals surface area contributed by atoms with Gasteiger partial charge >= 0.3 is 0 Å². The molecule has 0 aliphatic rings. The van der Waals surface area contributed by atoms with Gasteiger partial charge in [0.25, 0.3) is 0 Å². The number of nitrogens with zero attached hydrogens (tertiary/aromatic N) is 1. The molecule has 6 nitrogen and oxygen atoms in total. The van der Waals surface area contributed by atoms with Crippen LogP contribution >= 0.6 is 0 Å². The second kappa shape index (κ2) is 5.83. The summed E-state index contributed by atoms with van der Waals surface area (Å²) < 4.78 is 24.0. The largest absolute Gasteiger partial charge is 0.755 e. The average Bonchev–Trinajstić information content (AvgIpc) is 2.32. The second-order valence-electron chi connectivity index (χ2n) is 3.90. The van der Waals surface area contributed by atoms with E-state index in [1.165, 1.54) is 0 Å². The standard InChI is InChI=1S/C11H17N3O3S/c1-4-8-7(3)6(2)5-9(11(12)13-15)10(8)14-18(16)17/h5,14-15H,4H2,1-3H3,(H2,12,13)(H,16,17)/p-1. The molecule has 100 valence electrons. The average molecular weight is 270 g/mol. The monoisotopic (exact) mass is 270 g/mol. The molecule has 0 amide bonds. The summed E-state index contributed by atoms with van der Waals surface area (Å²) in [6.07, 6.45) is 0.638. The third-order valence-corrected chi connectivity index (χ3v) is 3.27. The number of hydrogen-bond acceptors (Lipinski definition) is 4. The zero-order valence-electron chi connectivity index (χ0n) is 10.5. The maximum Gasteiger partial charge on any atom is 0.172 e. The molecule has 4 N–H and O–H groups in total. The number of rotatable bonds is 4. The number of benzene rings is 1. The second-order valence-corrected chi connectivity index (χ2v) is 4.57. The van der Waals surface area contributed by atoms with Crippen molar-refractivity contribution in [2.75, 3.05) is 4.72 Å². The number of nitrogens with two attached hydrogens (primary N) is 1. The fraction of sp³-hybridized carbons (Fsp3) is 0.364. The lowest BCUT2D eigenvalue weighted by Crippen LogP contribution is -2.19. The number of amidine groups is 1. The van der Waals surface area contributed by atoms with E-state index in [4.69, 9.17) is 10.9 Å². The minimum absolute atomic E-state index is 0.124. The number of oxime groups is 1. The molecule has 7 heteroatoms. The van der Waals surface area contributed by atoms with Crippen molar-refractivity contribution in [3.63, 3.8) is 0 Å². The molecule has 0 aliphatic carbocycles. The first-order valence-electron chi connectivity index (χ1n) is 5.39. The fourth-order valence-electron chi connectivity index (χ4n) is 1.88. The van der Waals surface area contributed by atoms with E-state index in [-0.39, 0.29) is 5.84 Å². The Hall–Kier alpha value is -1.60. The third kappa shape index (κ3) is 2.80. The van der Waals surface area contributed by atoms with Crippen LogP contribution in [-0.2, 0) is 17.7 Å². The highest BCUT2D eigenvalue weighted by molar-refractivity contribution is 7.80. The van der Waals surface area contributed by atoms with Gasteiger partial charge in [0.05, 0.1) is 5.69 Å². The Morgan fingerprint density at radius 3 is 2.67 bits per heavy atom. The summed E-state index contributed by atoms with van der Waals surface area (Å²) in [5.41, 5.74) is 9.09. The van der Waals surface area contributed by atoms with Gasteiger partial charge in [-0.1, -0.05) is 12.1 Å². The Morgan fingerprint density at radius 1 is 1.61 bits per heavy atom. The maximum atomic E-state index is 10.8. The van der Waals surface area contributed by atoms with Gasteiger partial charge in [-0.15, -0.1) is 0 Å². The molecule has 0 aromatic heterocycles. The van der Waals surface area contributed by atoms with Crippen molar-refractivity contribution in [2.45, 2.75) is 27.2 Å². The topological polar surface area (TPSA) is 111 Å². The highest BCUT2D eigenvalue weighted by atomic mass is 32.2. The lowest BCUT2D eigenvalue weighted by molar-refractivity contribution is 0.318. The van der Waals surface area contributed by atoms with Crippen molar-refractivity contribution >= 4 is 22.8 Å². The molecule has 0 saturated carbocycles. The zero-order chi connectivity index (χ0) is 13.9. The molecule has 0 fully saturated rings. The SMILES string of the molecule is CCc1c(C)c(C)cc(C(N)=NO)c1NS(=O)[O-]. The number of hydrogen-bond donors (Lipinski definition) is 3. The van der Waals surface area contributed by atoms with Gasteiger partial charge in [0.2, 0.25) is 0 Å². The Morgan fingerprint density at radius 2 is 2.22 bits per heavy atom. The summed E-state index contributed by atoms with van der Waals surface area (Å²) in [5, 5.41) is 11.7. The zero-order valence-corrected chi connectivity index (χ0v) is 11.3. The van der Waals surface area contributed by atoms with Crippen molar-refractivity contribution in [1.82, 2.24) is 0 Å². The van der Waals surface area contributed by atoms with E-state index in [1.54, 1.807) is 6.07 Å². The van der Waals surface area contributed by atoms with E-state index in [1.807, 2.05) is 20.8 Å². The summed E-state index contributed by atoms with van der Waals surface area (Å²) in [7, 11) is 0. The first-order valence-corrected chi connectivity index (χ1v) is 6.46. The fourth-order valence-corrected chi connectivity index (χ4v) is 2.28. The molecular formula is C11H16N3O3S-. The van der Waals surface area contributed by atoms with E-state index < -0.39 is 11.3 Å². The van der Waals surface area contributed by atoms with Crippen LogP contribution in [0.25, 0.3) is 0 Å². The maximum absolute atomic E-state index is 10.8. The Balaban J connectivity index is 3.58. The molecule has 0 spiro atoms. The lowest BCUT2D eigenvalue weighted by atomic mass is 9.95. The van der Waals surface area contributed by atoms with Crippen LogP contribution in [0.1, 0.15) is 29.2 Å². The van der Waals surface area contributed by atoms with Gasteiger partial charge in [0, 0.05) is 16.8 Å². The Bertz CT molecular complexity index is 515. The van der Waals surface area contributed by atoms with Gasteiger partial charge < -0.3 is 20.2 Å². The van der Waals surface area contributed by atoms with Crippen LogP contribution in [0.5, 0.6) is 0 Å². The molecule has 0 bridgehead atoms. The van der Waals surface area contributed by atoms with E-state index in [2.05, 4.69) is 9.88 Å². The van der Waals surface area contributed by atoms with Crippen molar-refractivity contribution < 1.29 is 14.0 Å². The molecule has 1 aromatic rings. The highest BCUT2D eigenvalue weighted by Gasteiger charge is 2.15. The number of nitrogens with one attached hydrogen (secondary N) is 1. The predicted octanol–water partition coefficient (Wildman–Crippen LogP) is 1.17. The van der Waals surface area contributed by atoms with Crippen molar-refractivity contribution in [2.24, 2.45) is 10.9 Å². The summed E-state index contributed by atoms with van der Waals surface area (Å²) in [6, 6.07) is 1.69. The van der Waals surface area contributed by atoms with E-state index in [9.17, 15) is 8.76 Å². The molecule has 0 heterocycles. The minimum Gasteiger partial charge on any atom is -0.755 e. The van der Waals surface area contributed by atoms with Crippen LogP contribution in [0.15, 0.2) is 11.2 Å². The van der Waals surface area contributed by atoms with Gasteiger partial charge in [-0.25, -0.2) is 0 Å². The molecule has 1 atom stereocenters. The van der Waals surface area contributed by atoms with Gasteiger partial charge in [-0.3, -0.25) is 4.21 Å². The van der Waals surface area contributed by atoms with Crippen LogP contribution in [-0.4, -0.2) is 19.8 Å². The third-order valence-electron chi connectivity index (χ3n) is 2.90. The van der Waals surface area contributed by atoms with Crippen LogP contribution in [0.3, 0.4) is 0 Å². The summed E-state index contributed by atoms with van der Waals surface area (Å²) >= 11 is -2.46. The lowest BCUT2D eigenvalue weighted by Gasteiger charge is -2.20. The van der Waals surface area contributed by atoms with Gasteiger partial charge in [-0.05, 0) is 43.0 Å². The van der Waals surface area contributed by atoms with Crippen LogP contribution in [0.2, 0.25) is 0 Å². The summed E-state index contributed by atoms with van der Waals surface area (Å²) in [5.74, 6) is -0.124. The van der Waals surface area contributed by atoms with Crippen LogP contribution < -0.4 is 10.5 Å². The smallest absolute Gasteiger partial charge is 0.172 e. The quantitative estimate of drug-likeness (QED) is 0.251. The number of anilines is 1. The van der Waals surface area contributed by atoms with E-state index in [0.717, 1.165) is 16.7 Å². The first-order chi connectivity index (χ1) is 8.42. The highest BCUT2D eigenvalue weighted by Crippen LogP contribution is 2.28. The first kappa shape index (κ1) is 14.5. The van der Waals surface area contributed by atoms with Crippen LogP contribution in [0.4, 0.5) is 5.69 Å². The Kier molecular flexibility index (Phi) is 4.69. The summed E-state index contributed by atoms with van der Waals surface area (Å²) in [4.78, 5) is 0. The van der Waals surface area contributed by atoms with Gasteiger partial charge in [0.15, 0.2) is 5.84 Å². The van der Waals surface area contributed by atoms with Crippen molar-refractivity contribution in [3.05, 3.63) is 28.3 Å². The molecule has 0 saturated heterocycles. The molecule has 0 aliphatic heterocycles. The normalized spacial score (nSPS) is 13.4. The predicted molar refractivity (Wildman–Crippen MR) is 70.3 cm³/mol. The molecular weight excluding hydrogens is 254 g/mol. The van der Waals surface area contributed by atoms with E-state index in [0.29, 0.717) is 17.7 Å². The van der Waals surface area contributed by atoms with Gasteiger partial charge in [-0.2, -0.15) is 0 Å². The minimum atomic E-state index is -2.46. The molecule has 1 rings (SSSR count). The molecule has 0 radical (unpaired) electrons. The van der Waals surface area contributed by atoms with E-state index >= 15 is 0 Å². The summed E-state index contributed by atoms with van der Waals surface area (Å²) in [6.45, 7) is 5.71. The molecule has 1 aromatic carbocycles. The number of aryl methyl sites for hydroxylation is 1. The van der Waals surface area contributed by atoms with Crippen molar-refractivity contribution in [1.29, 1.82) is 0 Å². The van der Waals surface area contributed by atoms with Gasteiger partial charge in [0.1, 0.15) is 0 Å². The molecule has 18 heavy (non-hydrogen) atoms. The Labute approximate surface area is 108 Å².